The van der Waals surface area contributed by atoms with Crippen LogP contribution in [0.5, 0.6) is 5.75 Å². The zero-order valence-electron chi connectivity index (χ0n) is 20.6. The highest BCUT2D eigenvalue weighted by molar-refractivity contribution is 6.06. The van der Waals surface area contributed by atoms with Gasteiger partial charge in [0, 0.05) is 12.0 Å². The third-order valence-corrected chi connectivity index (χ3v) is 8.60. The molecule has 6 nitrogen and oxygen atoms in total. The zero-order valence-corrected chi connectivity index (χ0v) is 20.6. The molecule has 2 aliphatic carbocycles. The molecular weight excluding hydrogens is 442 g/mol. The maximum absolute atomic E-state index is 13.6. The van der Waals surface area contributed by atoms with Crippen molar-refractivity contribution < 1.29 is 24.5 Å². The van der Waals surface area contributed by atoms with E-state index in [9.17, 15) is 19.8 Å². The van der Waals surface area contributed by atoms with Crippen LogP contribution < -0.4 is 0 Å². The number of amides is 2. The molecule has 4 aliphatic rings. The average Bonchev–Trinajstić information content (AvgIpc) is 3.40. The summed E-state index contributed by atoms with van der Waals surface area (Å²) in [6.45, 7) is 2.48. The van der Waals surface area contributed by atoms with Gasteiger partial charge in [0.25, 0.3) is 0 Å². The summed E-state index contributed by atoms with van der Waals surface area (Å²) < 4.78 is 6.25. The summed E-state index contributed by atoms with van der Waals surface area (Å²) in [6, 6.07) is 7.28. The molecule has 2 aliphatic heterocycles. The van der Waals surface area contributed by atoms with Crippen molar-refractivity contribution in [3.63, 3.8) is 0 Å². The van der Waals surface area contributed by atoms with Crippen molar-refractivity contribution in [3.8, 4) is 5.75 Å². The van der Waals surface area contributed by atoms with Crippen LogP contribution >= 0.6 is 0 Å². The van der Waals surface area contributed by atoms with Gasteiger partial charge >= 0.3 is 0 Å². The molecule has 0 aromatic heterocycles. The lowest BCUT2D eigenvalue weighted by molar-refractivity contribution is -0.143. The van der Waals surface area contributed by atoms with Gasteiger partial charge in [0.15, 0.2) is 0 Å². The first kappa shape index (κ1) is 24.3. The third-order valence-electron chi connectivity index (χ3n) is 8.60. The molecule has 1 aromatic rings. The fraction of sp³-hybridized carbons (Fsp3) is 0.586. The van der Waals surface area contributed by atoms with E-state index in [1.54, 1.807) is 17.0 Å². The van der Waals surface area contributed by atoms with Gasteiger partial charge in [-0.15, -0.1) is 0 Å². The lowest BCUT2D eigenvalue weighted by atomic mass is 9.69. The number of likely N-dealkylation sites (tertiary alicyclic amines) is 1. The molecule has 2 heterocycles. The lowest BCUT2D eigenvalue weighted by Crippen LogP contribution is -2.42. The fourth-order valence-electron chi connectivity index (χ4n) is 6.86. The van der Waals surface area contributed by atoms with Crippen LogP contribution in [-0.4, -0.2) is 52.3 Å². The second-order valence-electron chi connectivity index (χ2n) is 10.6. The van der Waals surface area contributed by atoms with Crippen LogP contribution in [0.25, 0.3) is 6.08 Å². The number of aliphatic hydroxyl groups excluding tert-OH is 1. The number of hydrogen-bond donors (Lipinski definition) is 2. The highest BCUT2D eigenvalue weighted by Gasteiger charge is 2.58. The smallest absolute Gasteiger partial charge is 0.234 e. The summed E-state index contributed by atoms with van der Waals surface area (Å²) >= 11 is 0. The highest BCUT2D eigenvalue weighted by Crippen LogP contribution is 2.50. The molecule has 0 bridgehead atoms. The second kappa shape index (κ2) is 10.3. The molecule has 35 heavy (non-hydrogen) atoms. The Bertz CT molecular complexity index is 1040. The van der Waals surface area contributed by atoms with Crippen molar-refractivity contribution in [2.24, 2.45) is 17.8 Å². The van der Waals surface area contributed by atoms with Crippen LogP contribution in [0.4, 0.5) is 0 Å². The van der Waals surface area contributed by atoms with Crippen molar-refractivity contribution in [1.29, 1.82) is 0 Å². The van der Waals surface area contributed by atoms with Crippen LogP contribution in [0.2, 0.25) is 0 Å². The molecule has 2 N–H and O–H groups in total. The normalized spacial score (nSPS) is 29.7. The number of phenols is 1. The number of fused-ring (bicyclic) bond motifs is 3. The van der Waals surface area contributed by atoms with Gasteiger partial charge in [0.1, 0.15) is 5.75 Å². The van der Waals surface area contributed by atoms with Crippen molar-refractivity contribution in [3.05, 3.63) is 46.5 Å². The monoisotopic (exact) mass is 479 g/mol. The standard InChI is InChI=1S/C29H37NO5/c1-2-18(13-19-7-6-10-22(32)14-19)11-12-25-26-20(16-31)15-23-27(24(26)17-35-25)29(34)30(28(23)33)21-8-4-3-5-9-21/h6-7,10,13-14,21,23-25,27,31-32H,2-5,8-9,11-12,15-17H2,1H3/b18-13+/t23-,24+,25-,27-/m1/s1. The minimum Gasteiger partial charge on any atom is -0.508 e. The second-order valence-corrected chi connectivity index (χ2v) is 10.6. The summed E-state index contributed by atoms with van der Waals surface area (Å²) in [6.07, 6.45) is 10.1. The van der Waals surface area contributed by atoms with Gasteiger partial charge in [0.2, 0.25) is 11.8 Å². The third kappa shape index (κ3) is 4.58. The maximum atomic E-state index is 13.6. The number of aliphatic hydroxyl groups is 1. The molecule has 0 spiro atoms. The van der Waals surface area contributed by atoms with Crippen LogP contribution in [0.15, 0.2) is 41.0 Å². The summed E-state index contributed by atoms with van der Waals surface area (Å²) in [7, 11) is 0. The number of hydrogen-bond acceptors (Lipinski definition) is 5. The van der Waals surface area contributed by atoms with E-state index in [-0.39, 0.29) is 54.1 Å². The minimum absolute atomic E-state index is 0.00586. The number of carbonyl (C=O) groups is 2. The van der Waals surface area contributed by atoms with E-state index >= 15 is 0 Å². The van der Waals surface area contributed by atoms with Crippen LogP contribution in [-0.2, 0) is 14.3 Å². The number of carbonyl (C=O) groups excluding carboxylic acids is 2. The molecular formula is C29H37NO5. The maximum Gasteiger partial charge on any atom is 0.234 e. The predicted molar refractivity (Wildman–Crippen MR) is 133 cm³/mol. The Kier molecular flexibility index (Phi) is 7.12. The molecule has 2 saturated heterocycles. The van der Waals surface area contributed by atoms with E-state index in [1.165, 1.54) is 12.0 Å². The molecule has 0 unspecified atom stereocenters. The Labute approximate surface area is 207 Å². The van der Waals surface area contributed by atoms with E-state index in [2.05, 4.69) is 13.0 Å². The average molecular weight is 480 g/mol. The van der Waals surface area contributed by atoms with E-state index < -0.39 is 0 Å². The summed E-state index contributed by atoms with van der Waals surface area (Å²) in [5.41, 5.74) is 4.22. The van der Waals surface area contributed by atoms with E-state index in [1.807, 2.05) is 12.1 Å². The van der Waals surface area contributed by atoms with E-state index in [0.29, 0.717) is 13.0 Å². The lowest BCUT2D eigenvalue weighted by Gasteiger charge is -2.31. The van der Waals surface area contributed by atoms with Crippen LogP contribution in [0, 0.1) is 17.8 Å². The topological polar surface area (TPSA) is 87.1 Å². The van der Waals surface area contributed by atoms with Gasteiger partial charge in [0.05, 0.1) is 31.2 Å². The molecule has 2 amide bonds. The summed E-state index contributed by atoms with van der Waals surface area (Å²) in [4.78, 5) is 28.5. The molecule has 0 radical (unpaired) electrons. The van der Waals surface area contributed by atoms with Gasteiger partial charge in [-0.2, -0.15) is 0 Å². The Hall–Kier alpha value is -2.44. The van der Waals surface area contributed by atoms with Crippen molar-refractivity contribution in [2.45, 2.75) is 76.9 Å². The minimum atomic E-state index is -0.348. The Morgan fingerprint density at radius 2 is 1.94 bits per heavy atom. The number of allylic oxidation sites excluding steroid dienone is 1. The molecule has 1 aromatic carbocycles. The van der Waals surface area contributed by atoms with Crippen LogP contribution in [0.3, 0.4) is 0 Å². The zero-order chi connectivity index (χ0) is 24.5. The number of aromatic hydroxyl groups is 1. The SMILES string of the molecule is CC/C(=C\c1cccc(O)c1)CC[C@H]1OC[C@H]2C1=C(CO)C[C@H]1C(=O)N(C3CCCCC3)C(=O)[C@H]12. The summed E-state index contributed by atoms with van der Waals surface area (Å²) in [5.74, 6) is -0.570. The number of imide groups is 1. The van der Waals surface area contributed by atoms with Crippen molar-refractivity contribution >= 4 is 17.9 Å². The number of rotatable bonds is 7. The van der Waals surface area contributed by atoms with Gasteiger partial charge in [-0.3, -0.25) is 14.5 Å². The quantitative estimate of drug-likeness (QED) is 0.441. The molecule has 3 fully saturated rings. The largest absolute Gasteiger partial charge is 0.508 e. The first-order valence-corrected chi connectivity index (χ1v) is 13.3. The molecule has 5 rings (SSSR count). The Balaban J connectivity index is 1.33. The number of ether oxygens (including phenoxy) is 1. The molecule has 188 valence electrons. The van der Waals surface area contributed by atoms with Gasteiger partial charge in [-0.1, -0.05) is 50.0 Å². The Morgan fingerprint density at radius 1 is 1.14 bits per heavy atom. The molecule has 1 saturated carbocycles. The fourth-order valence-corrected chi connectivity index (χ4v) is 6.86. The van der Waals surface area contributed by atoms with Crippen LogP contribution in [0.1, 0.15) is 70.3 Å². The van der Waals surface area contributed by atoms with Crippen molar-refractivity contribution in [1.82, 2.24) is 4.90 Å². The van der Waals surface area contributed by atoms with E-state index in [4.69, 9.17) is 4.74 Å². The number of phenolic OH excluding ortho intramolecular Hbond substituents is 1. The number of nitrogens with zero attached hydrogens (tertiary/aromatic N) is 1. The molecule has 6 heteroatoms. The van der Waals surface area contributed by atoms with Gasteiger partial charge in [-0.25, -0.2) is 0 Å². The predicted octanol–water partition coefficient (Wildman–Crippen LogP) is 4.61. The first-order chi connectivity index (χ1) is 17.0. The molecule has 4 atom stereocenters. The van der Waals surface area contributed by atoms with Crippen molar-refractivity contribution in [2.75, 3.05) is 13.2 Å². The first-order valence-electron chi connectivity index (χ1n) is 13.3. The van der Waals surface area contributed by atoms with Gasteiger partial charge in [-0.05, 0) is 67.4 Å². The van der Waals surface area contributed by atoms with E-state index in [0.717, 1.165) is 61.7 Å². The Morgan fingerprint density at radius 3 is 2.66 bits per heavy atom. The summed E-state index contributed by atoms with van der Waals surface area (Å²) in [5, 5.41) is 20.0. The number of benzene rings is 1. The highest BCUT2D eigenvalue weighted by atomic mass is 16.5. The van der Waals surface area contributed by atoms with Gasteiger partial charge < -0.3 is 14.9 Å².